The molecule has 0 aromatic heterocycles. The van der Waals surface area contributed by atoms with E-state index >= 15 is 0 Å². The zero-order valence-electron chi connectivity index (χ0n) is 17.1. The summed E-state index contributed by atoms with van der Waals surface area (Å²) in [5, 5.41) is 3.14. The molecule has 29 heavy (non-hydrogen) atoms. The Morgan fingerprint density at radius 1 is 1.17 bits per heavy atom. The summed E-state index contributed by atoms with van der Waals surface area (Å²) in [7, 11) is -3.66. The molecule has 0 bridgehead atoms. The van der Waals surface area contributed by atoms with Crippen LogP contribution in [0.25, 0.3) is 0 Å². The van der Waals surface area contributed by atoms with Crippen LogP contribution in [0, 0.1) is 6.92 Å². The molecular weight excluding hydrogens is 412 g/mol. The molecule has 8 heteroatoms. The van der Waals surface area contributed by atoms with Crippen LogP contribution in [0.1, 0.15) is 30.9 Å². The molecule has 0 fully saturated rings. The third-order valence-electron chi connectivity index (χ3n) is 4.42. The summed E-state index contributed by atoms with van der Waals surface area (Å²) in [6, 6.07) is 12.7. The van der Waals surface area contributed by atoms with E-state index in [-0.39, 0.29) is 19.7 Å². The molecule has 1 N–H and O–H groups in total. The van der Waals surface area contributed by atoms with Gasteiger partial charge in [-0.15, -0.1) is 0 Å². The van der Waals surface area contributed by atoms with Crippen molar-refractivity contribution in [1.29, 1.82) is 0 Å². The van der Waals surface area contributed by atoms with E-state index in [2.05, 4.69) is 19.2 Å². The van der Waals surface area contributed by atoms with E-state index in [1.54, 1.807) is 25.1 Å². The number of carbonyl (C=O) groups excluding carboxylic acids is 1. The molecule has 0 saturated carbocycles. The maximum absolute atomic E-state index is 12.4. The molecule has 158 valence electrons. The number of rotatable bonds is 9. The van der Waals surface area contributed by atoms with E-state index in [1.165, 1.54) is 0 Å². The van der Waals surface area contributed by atoms with Gasteiger partial charge in [0, 0.05) is 5.02 Å². The Morgan fingerprint density at radius 3 is 2.52 bits per heavy atom. The van der Waals surface area contributed by atoms with Gasteiger partial charge in [0.25, 0.3) is 0 Å². The number of hydrogen-bond donors (Lipinski definition) is 1. The number of hydrogen-bond acceptors (Lipinski definition) is 4. The van der Waals surface area contributed by atoms with Crippen molar-refractivity contribution in [3.63, 3.8) is 0 Å². The fourth-order valence-corrected chi connectivity index (χ4v) is 3.95. The minimum atomic E-state index is -3.66. The van der Waals surface area contributed by atoms with Gasteiger partial charge in [0.2, 0.25) is 15.9 Å². The van der Waals surface area contributed by atoms with Crippen molar-refractivity contribution in [3.8, 4) is 5.75 Å². The van der Waals surface area contributed by atoms with Crippen LogP contribution in [0.2, 0.25) is 5.02 Å². The van der Waals surface area contributed by atoms with Crippen LogP contribution >= 0.6 is 11.6 Å². The highest BCUT2D eigenvalue weighted by Gasteiger charge is 2.23. The molecule has 2 rings (SSSR count). The molecule has 0 heterocycles. The summed E-state index contributed by atoms with van der Waals surface area (Å²) in [6.07, 6.45) is 1.06. The molecule has 0 radical (unpaired) electrons. The lowest BCUT2D eigenvalue weighted by Crippen LogP contribution is -2.41. The average Bonchev–Trinajstić information content (AvgIpc) is 2.65. The van der Waals surface area contributed by atoms with E-state index in [0.29, 0.717) is 22.2 Å². The first kappa shape index (κ1) is 23.0. The molecule has 1 amide bonds. The first-order valence-corrected chi connectivity index (χ1v) is 11.5. The third-order valence-corrected chi connectivity index (χ3v) is 5.95. The minimum Gasteiger partial charge on any atom is -0.491 e. The third kappa shape index (κ3) is 6.37. The second-order valence-electron chi connectivity index (χ2n) is 7.04. The Hall–Kier alpha value is -2.25. The summed E-state index contributed by atoms with van der Waals surface area (Å²) >= 11 is 6.10. The highest BCUT2D eigenvalue weighted by molar-refractivity contribution is 7.92. The maximum Gasteiger partial charge on any atom is 0.240 e. The average molecular weight is 439 g/mol. The standard InChI is InChI=1S/C21H27ClN2O4S/c1-15(2)17-8-5-6-11-20(17)28-13-12-23-21(25)14-24(29(4,26)27)19-10-7-9-18(22)16(19)3/h5-11,15H,12-14H2,1-4H3,(H,23,25). The molecular formula is C21H27ClN2O4S. The van der Waals surface area contributed by atoms with E-state index in [9.17, 15) is 13.2 Å². The van der Waals surface area contributed by atoms with Gasteiger partial charge < -0.3 is 10.1 Å². The molecule has 0 atom stereocenters. The number of nitrogens with zero attached hydrogens (tertiary/aromatic N) is 1. The number of para-hydroxylation sites is 1. The van der Waals surface area contributed by atoms with Gasteiger partial charge in [-0.2, -0.15) is 0 Å². The van der Waals surface area contributed by atoms with Gasteiger partial charge in [0.05, 0.1) is 18.5 Å². The zero-order valence-corrected chi connectivity index (χ0v) is 18.7. The quantitative estimate of drug-likeness (QED) is 0.605. The second-order valence-corrected chi connectivity index (χ2v) is 9.36. The minimum absolute atomic E-state index is 0.261. The van der Waals surface area contributed by atoms with Crippen LogP contribution in [0.5, 0.6) is 5.75 Å². The molecule has 6 nitrogen and oxygen atoms in total. The number of benzene rings is 2. The van der Waals surface area contributed by atoms with Crippen molar-refractivity contribution in [3.05, 3.63) is 58.6 Å². The Balaban J connectivity index is 1.97. The predicted molar refractivity (Wildman–Crippen MR) is 117 cm³/mol. The summed E-state index contributed by atoms with van der Waals surface area (Å²) in [6.45, 7) is 6.10. The first-order chi connectivity index (χ1) is 13.6. The molecule has 2 aromatic rings. The topological polar surface area (TPSA) is 75.7 Å². The van der Waals surface area contributed by atoms with Crippen LogP contribution in [0.4, 0.5) is 5.69 Å². The molecule has 0 aliphatic rings. The van der Waals surface area contributed by atoms with E-state index in [0.717, 1.165) is 21.9 Å². The zero-order chi connectivity index (χ0) is 21.6. The van der Waals surface area contributed by atoms with Gasteiger partial charge in [0.1, 0.15) is 18.9 Å². The fourth-order valence-electron chi connectivity index (χ4n) is 2.87. The molecule has 2 aromatic carbocycles. The number of ether oxygens (including phenoxy) is 1. The number of amides is 1. The number of sulfonamides is 1. The Bertz CT molecular complexity index is 961. The molecule has 0 saturated heterocycles. The lowest BCUT2D eigenvalue weighted by Gasteiger charge is -2.24. The summed E-state index contributed by atoms with van der Waals surface area (Å²) in [5.41, 5.74) is 2.08. The molecule has 0 spiro atoms. The fraction of sp³-hybridized carbons (Fsp3) is 0.381. The Kier molecular flexibility index (Phi) is 7.93. The lowest BCUT2D eigenvalue weighted by molar-refractivity contribution is -0.119. The number of carbonyl (C=O) groups is 1. The number of halogens is 1. The van der Waals surface area contributed by atoms with Crippen molar-refractivity contribution >= 4 is 33.2 Å². The number of nitrogens with one attached hydrogen (secondary N) is 1. The summed E-state index contributed by atoms with van der Waals surface area (Å²) in [5.74, 6) is 0.685. The van der Waals surface area contributed by atoms with Crippen LogP contribution < -0.4 is 14.4 Å². The van der Waals surface area contributed by atoms with Crippen LogP contribution in [0.15, 0.2) is 42.5 Å². The largest absolute Gasteiger partial charge is 0.491 e. The van der Waals surface area contributed by atoms with Crippen molar-refractivity contribution < 1.29 is 17.9 Å². The van der Waals surface area contributed by atoms with Crippen molar-refractivity contribution in [2.45, 2.75) is 26.7 Å². The van der Waals surface area contributed by atoms with Gasteiger partial charge in [-0.25, -0.2) is 8.42 Å². The van der Waals surface area contributed by atoms with E-state index < -0.39 is 15.9 Å². The van der Waals surface area contributed by atoms with Gasteiger partial charge in [-0.1, -0.05) is 49.7 Å². The highest BCUT2D eigenvalue weighted by atomic mass is 35.5. The summed E-state index contributed by atoms with van der Waals surface area (Å²) in [4.78, 5) is 12.4. The van der Waals surface area contributed by atoms with Crippen molar-refractivity contribution in [1.82, 2.24) is 5.32 Å². The monoisotopic (exact) mass is 438 g/mol. The molecule has 0 aliphatic heterocycles. The highest BCUT2D eigenvalue weighted by Crippen LogP contribution is 2.28. The maximum atomic E-state index is 12.4. The number of anilines is 1. The first-order valence-electron chi connectivity index (χ1n) is 9.32. The summed E-state index contributed by atoms with van der Waals surface area (Å²) < 4.78 is 31.3. The van der Waals surface area contributed by atoms with Gasteiger partial charge in [0.15, 0.2) is 0 Å². The van der Waals surface area contributed by atoms with Crippen molar-refractivity contribution in [2.75, 3.05) is 30.3 Å². The van der Waals surface area contributed by atoms with Gasteiger partial charge in [-0.05, 0) is 42.2 Å². The Labute approximate surface area is 177 Å². The van der Waals surface area contributed by atoms with E-state index in [1.807, 2.05) is 24.3 Å². The molecule has 0 unspecified atom stereocenters. The van der Waals surface area contributed by atoms with Gasteiger partial charge in [-0.3, -0.25) is 9.10 Å². The van der Waals surface area contributed by atoms with Crippen LogP contribution in [-0.2, 0) is 14.8 Å². The lowest BCUT2D eigenvalue weighted by atomic mass is 10.0. The van der Waals surface area contributed by atoms with E-state index in [4.69, 9.17) is 16.3 Å². The SMILES string of the molecule is Cc1c(Cl)cccc1N(CC(=O)NCCOc1ccccc1C(C)C)S(C)(=O)=O. The second kappa shape index (κ2) is 9.98. The van der Waals surface area contributed by atoms with Crippen LogP contribution in [0.3, 0.4) is 0 Å². The smallest absolute Gasteiger partial charge is 0.240 e. The van der Waals surface area contributed by atoms with Crippen molar-refractivity contribution in [2.24, 2.45) is 0 Å². The predicted octanol–water partition coefficient (Wildman–Crippen LogP) is 3.73. The Morgan fingerprint density at radius 2 is 1.86 bits per heavy atom. The van der Waals surface area contributed by atoms with Crippen LogP contribution in [-0.4, -0.2) is 40.3 Å². The van der Waals surface area contributed by atoms with Gasteiger partial charge >= 0.3 is 0 Å². The normalized spacial score (nSPS) is 11.4. The molecule has 0 aliphatic carbocycles.